The Morgan fingerprint density at radius 3 is 0.838 bits per heavy atom. The maximum Gasteiger partial charge on any atom is 0.148 e. The fourth-order valence-electron chi connectivity index (χ4n) is 12.1. The third kappa shape index (κ3) is 7.34. The minimum atomic E-state index is -2.92. The molecule has 0 spiro atoms. The Balaban J connectivity index is 0.822. The van der Waals surface area contributed by atoms with Crippen molar-refractivity contribution in [1.29, 1.82) is 0 Å². The Bertz CT molecular complexity index is 4450. The molecule has 0 radical (unpaired) electrons. The molecule has 0 bridgehead atoms. The van der Waals surface area contributed by atoms with Crippen molar-refractivity contribution in [2.24, 2.45) is 0 Å². The highest BCUT2D eigenvalue weighted by atomic mass is 32.4. The molecular weight excluding hydrogens is 1050 g/mol. The normalized spacial score (nSPS) is 15.2. The second-order valence-corrected chi connectivity index (χ2v) is 29.1. The van der Waals surface area contributed by atoms with E-state index in [9.17, 15) is 0 Å². The van der Waals surface area contributed by atoms with Gasteiger partial charge in [0, 0.05) is 32.3 Å². The molecule has 0 aliphatic carbocycles. The molecule has 4 nitrogen and oxygen atoms in total. The molecule has 378 valence electrons. The van der Waals surface area contributed by atoms with E-state index in [1.807, 2.05) is 30.3 Å². The minimum absolute atomic E-state index is 0.729. The van der Waals surface area contributed by atoms with Crippen LogP contribution in [0.4, 0.5) is 0 Å². The maximum absolute atomic E-state index is 7.40. The van der Waals surface area contributed by atoms with E-state index in [-0.39, 0.29) is 0 Å². The highest BCUT2D eigenvalue weighted by Crippen LogP contribution is 2.63. The molecule has 4 heterocycles. The lowest BCUT2D eigenvalue weighted by Gasteiger charge is -2.39. The van der Waals surface area contributed by atoms with Gasteiger partial charge in [-0.2, -0.15) is 0 Å². The van der Waals surface area contributed by atoms with Crippen molar-refractivity contribution < 1.29 is 18.9 Å². The largest absolute Gasteiger partial charge is 0.456 e. The highest BCUT2D eigenvalue weighted by Gasteiger charge is 2.46. The summed E-state index contributed by atoms with van der Waals surface area (Å²) < 4.78 is 28.3. The van der Waals surface area contributed by atoms with Gasteiger partial charge in [-0.15, -0.1) is 0 Å². The van der Waals surface area contributed by atoms with Crippen molar-refractivity contribution in [2.45, 2.75) is 0 Å². The van der Waals surface area contributed by atoms with Gasteiger partial charge in [-0.05, 0) is 133 Å². The molecule has 4 aliphatic heterocycles. The Kier molecular flexibility index (Phi) is 10.8. The predicted octanol–water partition coefficient (Wildman–Crippen LogP) is 17.3. The molecule has 0 aromatic heterocycles. The van der Waals surface area contributed by atoms with Crippen LogP contribution >= 0.6 is 12.1 Å². The standard InChI is InChI=1S/C72H44O4P2S2/c79-77-65-40-52(45-16-6-1-7-17-45)30-34-59(65)73-63-38-56(39-64(71(63)77)74-60-35-31-53(41-66(60)77)46-18-8-2-9-19-46)49-28-26-48(27-29-49)55-33-37-62-68(43-55)78(80)67-42-54(47-20-10-3-11-21-47)32-36-61(67)75-69-57(50-22-12-4-13-23-50)44-58(70(76-62)72(69)78)51-24-14-5-15-25-51/h1-44H. The van der Waals surface area contributed by atoms with Crippen LogP contribution in [0, 0.1) is 0 Å². The summed E-state index contributed by atoms with van der Waals surface area (Å²) in [5.41, 5.74) is 14.8. The van der Waals surface area contributed by atoms with Crippen LogP contribution in [0.3, 0.4) is 0 Å². The molecule has 0 N–H and O–H groups in total. The van der Waals surface area contributed by atoms with E-state index in [1.54, 1.807) is 0 Å². The number of rotatable bonds is 7. The lowest BCUT2D eigenvalue weighted by molar-refractivity contribution is 0.467. The highest BCUT2D eigenvalue weighted by molar-refractivity contribution is 8.26. The summed E-state index contributed by atoms with van der Waals surface area (Å²) in [5, 5.41) is 5.95. The maximum atomic E-state index is 7.40. The van der Waals surface area contributed by atoms with E-state index in [0.29, 0.717) is 0 Å². The Labute approximate surface area is 474 Å². The smallest absolute Gasteiger partial charge is 0.148 e. The van der Waals surface area contributed by atoms with Crippen molar-refractivity contribution in [1.82, 2.24) is 0 Å². The summed E-state index contributed by atoms with van der Waals surface area (Å²) in [7, 11) is 0. The number of benzene rings is 12. The van der Waals surface area contributed by atoms with Crippen LogP contribution in [0.15, 0.2) is 267 Å². The van der Waals surface area contributed by atoms with Crippen molar-refractivity contribution >= 4 is 67.5 Å². The molecule has 80 heavy (non-hydrogen) atoms. The van der Waals surface area contributed by atoms with Crippen LogP contribution in [-0.2, 0) is 23.6 Å². The Hall–Kier alpha value is -8.86. The minimum Gasteiger partial charge on any atom is -0.456 e. The summed E-state index contributed by atoms with van der Waals surface area (Å²) in [6.45, 7) is 0. The van der Waals surface area contributed by atoms with Gasteiger partial charge >= 0.3 is 0 Å². The van der Waals surface area contributed by atoms with Gasteiger partial charge in [-0.1, -0.05) is 224 Å². The molecule has 0 saturated carbocycles. The quantitative estimate of drug-likeness (QED) is 0.148. The topological polar surface area (TPSA) is 36.9 Å². The summed E-state index contributed by atoms with van der Waals surface area (Å²) in [4.78, 5) is 0. The van der Waals surface area contributed by atoms with E-state index in [2.05, 4.69) is 237 Å². The van der Waals surface area contributed by atoms with Crippen LogP contribution in [0.5, 0.6) is 46.0 Å². The summed E-state index contributed by atoms with van der Waals surface area (Å²) >= 11 is 14.5. The van der Waals surface area contributed by atoms with Gasteiger partial charge in [0.2, 0.25) is 0 Å². The second-order valence-electron chi connectivity index (χ2n) is 20.6. The SMILES string of the molecule is S=P12c3cc(-c4ccccc4)ccc3Oc3cc(-c4ccc(-c5ccc6c(c5)P5(=S)c7cc(-c8ccccc8)ccc7Oc7c(-c8ccccc8)cc(-c8ccccc8)c(c75)O6)cc4)cc(c31)Oc1ccc(-c3ccccc3)cc12. The van der Waals surface area contributed by atoms with Crippen LogP contribution in [0.25, 0.3) is 77.9 Å². The Morgan fingerprint density at radius 1 is 0.212 bits per heavy atom. The summed E-state index contributed by atoms with van der Waals surface area (Å²) in [5.74, 6) is 6.05. The molecule has 0 fully saturated rings. The fourth-order valence-corrected chi connectivity index (χ4v) is 21.1. The van der Waals surface area contributed by atoms with Gasteiger partial charge < -0.3 is 18.9 Å². The van der Waals surface area contributed by atoms with Crippen LogP contribution in [0.1, 0.15) is 0 Å². The first-order valence-electron chi connectivity index (χ1n) is 26.6. The zero-order chi connectivity index (χ0) is 53.1. The summed E-state index contributed by atoms with van der Waals surface area (Å²) in [6, 6.07) is 88.0. The molecular formula is C72H44O4P2S2. The van der Waals surface area contributed by atoms with E-state index in [4.69, 9.17) is 42.6 Å². The van der Waals surface area contributed by atoms with Gasteiger partial charge in [0.25, 0.3) is 0 Å². The second kappa shape index (κ2) is 18.4. The van der Waals surface area contributed by atoms with Crippen molar-refractivity contribution in [3.63, 3.8) is 0 Å². The zero-order valence-corrected chi connectivity index (χ0v) is 46.2. The van der Waals surface area contributed by atoms with Crippen LogP contribution in [-0.4, -0.2) is 0 Å². The number of hydrogen-bond donors (Lipinski definition) is 0. The van der Waals surface area contributed by atoms with Crippen LogP contribution < -0.4 is 50.8 Å². The zero-order valence-electron chi connectivity index (χ0n) is 42.7. The monoisotopic (exact) mass is 1100 g/mol. The fraction of sp³-hybridized carbons (Fsp3) is 0. The molecule has 8 heteroatoms. The number of fused-ring (bicyclic) bond motifs is 8. The molecule has 12 aromatic rings. The molecule has 1 atom stereocenters. The molecule has 0 amide bonds. The first-order valence-corrected chi connectivity index (χ1v) is 32.3. The number of hydrogen-bond acceptors (Lipinski definition) is 6. The summed E-state index contributed by atoms with van der Waals surface area (Å²) in [6.07, 6.45) is 0. The van der Waals surface area contributed by atoms with Crippen molar-refractivity contribution in [3.8, 4) is 124 Å². The van der Waals surface area contributed by atoms with Gasteiger partial charge in [-0.25, -0.2) is 0 Å². The molecule has 12 aromatic carbocycles. The van der Waals surface area contributed by atoms with Gasteiger partial charge in [-0.3, -0.25) is 0 Å². The van der Waals surface area contributed by atoms with Crippen molar-refractivity contribution in [3.05, 3.63) is 267 Å². The first kappa shape index (κ1) is 47.2. The van der Waals surface area contributed by atoms with E-state index >= 15 is 0 Å². The first-order chi connectivity index (χ1) is 39.4. The van der Waals surface area contributed by atoms with E-state index in [0.717, 1.165) is 156 Å². The lowest BCUT2D eigenvalue weighted by atomic mass is 9.96. The molecule has 16 rings (SSSR count). The van der Waals surface area contributed by atoms with E-state index in [1.165, 1.54) is 0 Å². The average molecular weight is 1100 g/mol. The molecule has 4 aliphatic rings. The third-order valence-electron chi connectivity index (χ3n) is 16.0. The van der Waals surface area contributed by atoms with E-state index < -0.39 is 12.1 Å². The van der Waals surface area contributed by atoms with Crippen LogP contribution in [0.2, 0.25) is 0 Å². The average Bonchev–Trinajstić information content (AvgIpc) is 3.59. The Morgan fingerprint density at radius 2 is 0.487 bits per heavy atom. The van der Waals surface area contributed by atoms with Gasteiger partial charge in [0.05, 0.1) is 22.7 Å². The van der Waals surface area contributed by atoms with Gasteiger partial charge in [0.1, 0.15) is 46.0 Å². The molecule has 0 saturated heterocycles. The van der Waals surface area contributed by atoms with Crippen molar-refractivity contribution in [2.75, 3.05) is 0 Å². The lowest BCUT2D eigenvalue weighted by Crippen LogP contribution is -2.35. The molecule has 1 unspecified atom stereocenters. The third-order valence-corrected chi connectivity index (χ3v) is 25.7. The van der Waals surface area contributed by atoms with Gasteiger partial charge in [0.15, 0.2) is 0 Å². The predicted molar refractivity (Wildman–Crippen MR) is 337 cm³/mol. The number of ether oxygens (including phenoxy) is 4.